The molecule has 1 saturated carbocycles. The second-order valence-corrected chi connectivity index (χ2v) is 6.79. The van der Waals surface area contributed by atoms with E-state index in [1.165, 1.54) is 32.2 Å². The molecule has 0 aromatic rings. The molecule has 0 radical (unpaired) electrons. The number of hydrogen-bond acceptors (Lipinski definition) is 2. The summed E-state index contributed by atoms with van der Waals surface area (Å²) in [5, 5.41) is 3.44. The number of nitrogens with one attached hydrogen (secondary N) is 1. The van der Waals surface area contributed by atoms with Gasteiger partial charge in [0.2, 0.25) is 0 Å². The molecule has 124 valence electrons. The molecule has 2 rings (SSSR count). The van der Waals surface area contributed by atoms with Crippen molar-refractivity contribution in [2.24, 2.45) is 16.3 Å². The summed E-state index contributed by atoms with van der Waals surface area (Å²) in [4.78, 5) is 6.84. The Morgan fingerprint density at radius 1 is 1.29 bits per heavy atom. The summed E-state index contributed by atoms with van der Waals surface area (Å²) < 4.78 is 5.64. The first kappa shape index (κ1) is 19.0. The van der Waals surface area contributed by atoms with Crippen LogP contribution >= 0.6 is 24.0 Å². The van der Waals surface area contributed by atoms with E-state index in [9.17, 15) is 0 Å². The highest BCUT2D eigenvalue weighted by Crippen LogP contribution is 2.47. The van der Waals surface area contributed by atoms with Gasteiger partial charge in [-0.1, -0.05) is 20.3 Å². The fourth-order valence-corrected chi connectivity index (χ4v) is 3.19. The highest BCUT2D eigenvalue weighted by molar-refractivity contribution is 14.0. The van der Waals surface area contributed by atoms with Gasteiger partial charge in [0.25, 0.3) is 0 Å². The molecule has 4 nitrogen and oxygen atoms in total. The molecule has 2 aliphatic rings. The molecule has 0 aromatic heterocycles. The summed E-state index contributed by atoms with van der Waals surface area (Å²) in [5.74, 6) is 1.78. The Labute approximate surface area is 147 Å². The molecule has 1 saturated heterocycles. The molecule has 0 unspecified atom stereocenters. The Hall–Kier alpha value is -0.0400. The number of ether oxygens (including phenoxy) is 1. The Morgan fingerprint density at radius 3 is 2.57 bits per heavy atom. The molecule has 5 heteroatoms. The van der Waals surface area contributed by atoms with E-state index >= 15 is 0 Å². The van der Waals surface area contributed by atoms with Crippen LogP contribution in [0.5, 0.6) is 0 Å². The van der Waals surface area contributed by atoms with Gasteiger partial charge in [0.15, 0.2) is 5.96 Å². The Bertz CT molecular complexity index is 329. The maximum atomic E-state index is 5.64. The topological polar surface area (TPSA) is 36.9 Å². The number of rotatable bonds is 6. The molecule has 1 aliphatic heterocycles. The monoisotopic (exact) mass is 409 g/mol. The molecule has 1 spiro atoms. The molecule has 1 heterocycles. The van der Waals surface area contributed by atoms with Crippen molar-refractivity contribution in [1.82, 2.24) is 10.2 Å². The molecular weight excluding hydrogens is 377 g/mol. The summed E-state index contributed by atoms with van der Waals surface area (Å²) >= 11 is 0. The third-order valence-electron chi connectivity index (χ3n) is 4.73. The fourth-order valence-electron chi connectivity index (χ4n) is 3.19. The van der Waals surface area contributed by atoms with Crippen LogP contribution in [0.15, 0.2) is 4.99 Å². The molecule has 21 heavy (non-hydrogen) atoms. The van der Waals surface area contributed by atoms with Gasteiger partial charge < -0.3 is 15.0 Å². The highest BCUT2D eigenvalue weighted by Gasteiger charge is 2.43. The summed E-state index contributed by atoms with van der Waals surface area (Å²) in [6.07, 6.45) is 6.74. The number of nitrogens with zero attached hydrogens (tertiary/aromatic N) is 2. The van der Waals surface area contributed by atoms with Crippen molar-refractivity contribution in [1.29, 1.82) is 0 Å². The van der Waals surface area contributed by atoms with Gasteiger partial charge >= 0.3 is 0 Å². The molecule has 0 amide bonds. The maximum Gasteiger partial charge on any atom is 0.193 e. The van der Waals surface area contributed by atoms with E-state index in [1.54, 1.807) is 0 Å². The lowest BCUT2D eigenvalue weighted by atomic mass is 9.68. The summed E-state index contributed by atoms with van der Waals surface area (Å²) in [5.41, 5.74) is 0.630. The molecule has 2 fully saturated rings. The van der Waals surface area contributed by atoms with E-state index in [4.69, 9.17) is 4.74 Å². The van der Waals surface area contributed by atoms with E-state index in [1.807, 2.05) is 7.05 Å². The standard InChI is InChI=1S/C16H31N3O.HI/c1-14(2)5-11-20-12-9-18-15(17-3)19-10-8-16(13-19)6-4-7-16;/h14H,4-13H2,1-3H3,(H,17,18);1H. The first-order valence-corrected chi connectivity index (χ1v) is 8.18. The number of hydrogen-bond donors (Lipinski definition) is 1. The number of halogens is 1. The minimum absolute atomic E-state index is 0. The van der Waals surface area contributed by atoms with Crippen LogP contribution in [0.1, 0.15) is 46.0 Å². The van der Waals surface area contributed by atoms with Gasteiger partial charge in [0.1, 0.15) is 0 Å². The second kappa shape index (κ2) is 9.18. The Balaban J connectivity index is 0.00000220. The summed E-state index contributed by atoms with van der Waals surface area (Å²) in [7, 11) is 1.88. The predicted octanol–water partition coefficient (Wildman–Crippen LogP) is 3.12. The lowest BCUT2D eigenvalue weighted by molar-refractivity contribution is 0.127. The molecule has 1 aliphatic carbocycles. The molecule has 0 aromatic carbocycles. The summed E-state index contributed by atoms with van der Waals surface area (Å²) in [6.45, 7) is 9.30. The van der Waals surface area contributed by atoms with Gasteiger partial charge in [-0.15, -0.1) is 24.0 Å². The van der Waals surface area contributed by atoms with Gasteiger partial charge in [0, 0.05) is 33.3 Å². The smallest absolute Gasteiger partial charge is 0.193 e. The lowest BCUT2D eigenvalue weighted by Gasteiger charge is -2.38. The average molecular weight is 409 g/mol. The van der Waals surface area contributed by atoms with Crippen molar-refractivity contribution < 1.29 is 4.74 Å². The van der Waals surface area contributed by atoms with Gasteiger partial charge in [-0.25, -0.2) is 0 Å². The average Bonchev–Trinajstić information content (AvgIpc) is 2.83. The molecule has 0 atom stereocenters. The van der Waals surface area contributed by atoms with Crippen molar-refractivity contribution in [2.45, 2.75) is 46.0 Å². The normalized spacial score (nSPS) is 20.6. The van der Waals surface area contributed by atoms with E-state index in [0.29, 0.717) is 5.41 Å². The van der Waals surface area contributed by atoms with Crippen LogP contribution in [0, 0.1) is 11.3 Å². The molecule has 0 bridgehead atoms. The summed E-state index contributed by atoms with van der Waals surface area (Å²) in [6, 6.07) is 0. The number of likely N-dealkylation sites (tertiary alicyclic amines) is 1. The zero-order valence-corrected chi connectivity index (χ0v) is 16.2. The first-order chi connectivity index (χ1) is 9.65. The minimum atomic E-state index is 0. The molecular formula is C16H32IN3O. The Kier molecular flexibility index (Phi) is 8.31. The molecule has 1 N–H and O–H groups in total. The van der Waals surface area contributed by atoms with Crippen LogP contribution < -0.4 is 5.32 Å². The van der Waals surface area contributed by atoms with Crippen molar-refractivity contribution >= 4 is 29.9 Å². The van der Waals surface area contributed by atoms with Gasteiger partial charge in [-0.05, 0) is 37.0 Å². The van der Waals surface area contributed by atoms with Crippen LogP contribution in [0.4, 0.5) is 0 Å². The van der Waals surface area contributed by atoms with E-state index in [-0.39, 0.29) is 24.0 Å². The minimum Gasteiger partial charge on any atom is -0.380 e. The van der Waals surface area contributed by atoms with Gasteiger partial charge in [0.05, 0.1) is 6.61 Å². The van der Waals surface area contributed by atoms with Crippen molar-refractivity contribution in [2.75, 3.05) is 39.9 Å². The van der Waals surface area contributed by atoms with Gasteiger partial charge in [-0.2, -0.15) is 0 Å². The predicted molar refractivity (Wildman–Crippen MR) is 99.5 cm³/mol. The zero-order valence-electron chi connectivity index (χ0n) is 13.9. The van der Waals surface area contributed by atoms with Crippen molar-refractivity contribution in [3.63, 3.8) is 0 Å². The van der Waals surface area contributed by atoms with Crippen LogP contribution in [0.2, 0.25) is 0 Å². The van der Waals surface area contributed by atoms with Gasteiger partial charge in [-0.3, -0.25) is 4.99 Å². The third-order valence-corrected chi connectivity index (χ3v) is 4.73. The third kappa shape index (κ3) is 5.58. The zero-order chi connectivity index (χ0) is 14.4. The van der Waals surface area contributed by atoms with E-state index in [2.05, 4.69) is 29.1 Å². The van der Waals surface area contributed by atoms with Crippen LogP contribution in [-0.4, -0.2) is 50.8 Å². The first-order valence-electron chi connectivity index (χ1n) is 8.18. The van der Waals surface area contributed by atoms with Crippen LogP contribution in [0.25, 0.3) is 0 Å². The van der Waals surface area contributed by atoms with Crippen LogP contribution in [-0.2, 0) is 4.74 Å². The quantitative estimate of drug-likeness (QED) is 0.317. The maximum absolute atomic E-state index is 5.64. The largest absolute Gasteiger partial charge is 0.380 e. The Morgan fingerprint density at radius 2 is 2.05 bits per heavy atom. The highest BCUT2D eigenvalue weighted by atomic mass is 127. The SMILES string of the molecule is CN=C(NCCOCCC(C)C)N1CCC2(CCC2)C1.I. The van der Waals surface area contributed by atoms with E-state index in [0.717, 1.165) is 44.6 Å². The van der Waals surface area contributed by atoms with Crippen LogP contribution in [0.3, 0.4) is 0 Å². The van der Waals surface area contributed by atoms with Crippen molar-refractivity contribution in [3.8, 4) is 0 Å². The van der Waals surface area contributed by atoms with E-state index < -0.39 is 0 Å². The fraction of sp³-hybridized carbons (Fsp3) is 0.938. The second-order valence-electron chi connectivity index (χ2n) is 6.79. The number of aliphatic imine (C=N–C) groups is 1. The number of guanidine groups is 1. The van der Waals surface area contributed by atoms with Crippen molar-refractivity contribution in [3.05, 3.63) is 0 Å². The lowest BCUT2D eigenvalue weighted by Crippen LogP contribution is -2.43.